The largest absolute Gasteiger partial charge is 0.494 e. The van der Waals surface area contributed by atoms with Crippen LogP contribution in [0.3, 0.4) is 0 Å². The summed E-state index contributed by atoms with van der Waals surface area (Å²) < 4.78 is 81.2. The number of alkyl halides is 5. The van der Waals surface area contributed by atoms with Crippen LogP contribution in [0.1, 0.15) is 80.9 Å². The van der Waals surface area contributed by atoms with Gasteiger partial charge in [0.1, 0.15) is 11.5 Å². The average Bonchev–Trinajstić information content (AvgIpc) is 3.02. The number of benzene rings is 3. The molecule has 0 aromatic heterocycles. The number of nitrogen functional groups attached to an aromatic ring is 2. The molecule has 3 aromatic carbocycles. The number of nitrogens with two attached hydrogens (primary N) is 2. The molecule has 6 nitrogen and oxygen atoms in total. The second kappa shape index (κ2) is 18.8. The Morgan fingerprint density at radius 1 is 0.702 bits per heavy atom. The number of carbonyl (C=O) groups excluding carboxylic acids is 1. The molecule has 0 saturated heterocycles. The minimum absolute atomic E-state index is 0.0921. The maximum absolute atomic E-state index is 14.6. The molecule has 0 aliphatic rings. The van der Waals surface area contributed by atoms with Crippen LogP contribution in [-0.2, 0) is 22.1 Å². The highest BCUT2D eigenvalue weighted by molar-refractivity contribution is 5.87. The van der Waals surface area contributed by atoms with E-state index in [4.69, 9.17) is 25.7 Å². The van der Waals surface area contributed by atoms with E-state index in [1.54, 1.807) is 6.07 Å². The van der Waals surface area contributed by atoms with Crippen molar-refractivity contribution < 1.29 is 41.0 Å². The van der Waals surface area contributed by atoms with Crippen LogP contribution in [0.5, 0.6) is 11.5 Å². The van der Waals surface area contributed by atoms with Gasteiger partial charge in [-0.15, -0.1) is 0 Å². The molecular formula is C36H43F5N2O4. The standard InChI is InChI=1S/C36H43F5N2O4/c37-35(38,39)23-9-25-45-31-20-15-29(16-21-31)36(40,41)47-32-18-11-27(12-19-32)13-22-34(44)46-24-8-6-4-2-1-3-5-7-10-28-14-17-30(42)26-33(28)43/h11-22,26H,1-10,23-25,42-43H2/b22-13+. The second-order valence-corrected chi connectivity index (χ2v) is 11.3. The summed E-state index contributed by atoms with van der Waals surface area (Å²) in [5.74, 6) is -0.394. The molecule has 11 heteroatoms. The molecule has 4 N–H and O–H groups in total. The number of carbonyl (C=O) groups is 1. The molecule has 3 aromatic rings. The van der Waals surface area contributed by atoms with Crippen LogP contribution in [0, 0.1) is 0 Å². The molecule has 0 radical (unpaired) electrons. The van der Waals surface area contributed by atoms with Crippen LogP contribution >= 0.6 is 0 Å². The van der Waals surface area contributed by atoms with Crippen LogP contribution in [0.4, 0.5) is 33.3 Å². The fourth-order valence-corrected chi connectivity index (χ4v) is 4.77. The molecule has 256 valence electrons. The Balaban J connectivity index is 1.25. The van der Waals surface area contributed by atoms with E-state index in [0.29, 0.717) is 17.9 Å². The van der Waals surface area contributed by atoms with Crippen molar-refractivity contribution in [3.8, 4) is 11.5 Å². The number of esters is 1. The summed E-state index contributed by atoms with van der Waals surface area (Å²) in [4.78, 5) is 12.0. The van der Waals surface area contributed by atoms with Gasteiger partial charge in [-0.2, -0.15) is 22.0 Å². The van der Waals surface area contributed by atoms with Gasteiger partial charge >= 0.3 is 18.3 Å². The molecule has 0 heterocycles. The van der Waals surface area contributed by atoms with Gasteiger partial charge in [-0.25, -0.2) is 4.79 Å². The Bertz CT molecular complexity index is 1390. The van der Waals surface area contributed by atoms with E-state index in [1.807, 2.05) is 12.1 Å². The SMILES string of the molecule is Nc1ccc(CCCCCCCCCCOC(=O)/C=C/c2ccc(OC(F)(F)c3ccc(OCCCC(F)(F)F)cc3)cc2)c(N)c1. The molecule has 3 rings (SSSR count). The molecule has 0 spiro atoms. The van der Waals surface area contributed by atoms with Crippen LogP contribution in [0.25, 0.3) is 6.08 Å². The zero-order chi connectivity index (χ0) is 34.1. The fraction of sp³-hybridized carbons (Fsp3) is 0.417. The van der Waals surface area contributed by atoms with E-state index in [9.17, 15) is 26.7 Å². The molecule has 0 unspecified atom stereocenters. The Kier molecular flexibility index (Phi) is 14.8. The van der Waals surface area contributed by atoms with Gasteiger partial charge in [0.15, 0.2) is 0 Å². The molecular weight excluding hydrogens is 619 g/mol. The van der Waals surface area contributed by atoms with Crippen molar-refractivity contribution in [1.82, 2.24) is 0 Å². The first-order chi connectivity index (χ1) is 22.4. The van der Waals surface area contributed by atoms with E-state index in [0.717, 1.165) is 68.3 Å². The van der Waals surface area contributed by atoms with Gasteiger partial charge in [-0.05, 0) is 91.4 Å². The summed E-state index contributed by atoms with van der Waals surface area (Å²) in [6.45, 7) is 0.148. The number of unbranched alkanes of at least 4 members (excludes halogenated alkanes) is 7. The molecule has 0 aliphatic carbocycles. The number of hydrogen-bond acceptors (Lipinski definition) is 6. The smallest absolute Gasteiger partial charge is 0.426 e. The first-order valence-corrected chi connectivity index (χ1v) is 15.9. The minimum atomic E-state index is -4.27. The van der Waals surface area contributed by atoms with Crippen LogP contribution in [0.2, 0.25) is 0 Å². The predicted octanol–water partition coefficient (Wildman–Crippen LogP) is 9.62. The highest BCUT2D eigenvalue weighted by Crippen LogP contribution is 2.33. The topological polar surface area (TPSA) is 96.8 Å². The first kappa shape index (κ1) is 37.2. The zero-order valence-electron chi connectivity index (χ0n) is 26.4. The minimum Gasteiger partial charge on any atom is -0.494 e. The normalized spacial score (nSPS) is 11.9. The van der Waals surface area contributed by atoms with E-state index in [-0.39, 0.29) is 24.5 Å². The highest BCUT2D eigenvalue weighted by atomic mass is 19.4. The summed E-state index contributed by atoms with van der Waals surface area (Å²) in [6, 6.07) is 16.1. The molecule has 0 aliphatic heterocycles. The van der Waals surface area contributed by atoms with Crippen molar-refractivity contribution in [1.29, 1.82) is 0 Å². The lowest BCUT2D eigenvalue weighted by Gasteiger charge is -2.18. The quantitative estimate of drug-likeness (QED) is 0.0411. The average molecular weight is 663 g/mol. The Morgan fingerprint density at radius 2 is 1.32 bits per heavy atom. The first-order valence-electron chi connectivity index (χ1n) is 15.9. The number of rotatable bonds is 20. The van der Waals surface area contributed by atoms with Crippen molar-refractivity contribution in [3.63, 3.8) is 0 Å². The van der Waals surface area contributed by atoms with Crippen molar-refractivity contribution in [2.24, 2.45) is 0 Å². The molecule has 0 atom stereocenters. The van der Waals surface area contributed by atoms with Crippen LogP contribution in [-0.4, -0.2) is 25.4 Å². The van der Waals surface area contributed by atoms with Crippen molar-refractivity contribution >= 4 is 23.4 Å². The second-order valence-electron chi connectivity index (χ2n) is 11.3. The third kappa shape index (κ3) is 14.8. The zero-order valence-corrected chi connectivity index (χ0v) is 26.4. The van der Waals surface area contributed by atoms with Gasteiger partial charge in [0.25, 0.3) is 0 Å². The lowest BCUT2D eigenvalue weighted by Crippen LogP contribution is -2.21. The van der Waals surface area contributed by atoms with Crippen molar-refractivity contribution in [3.05, 3.63) is 89.5 Å². The van der Waals surface area contributed by atoms with Crippen molar-refractivity contribution in [2.45, 2.75) is 82.9 Å². The molecule has 0 fully saturated rings. The summed E-state index contributed by atoms with van der Waals surface area (Å²) >= 11 is 0. The van der Waals surface area contributed by atoms with Crippen LogP contribution in [0.15, 0.2) is 72.8 Å². The molecule has 0 amide bonds. The van der Waals surface area contributed by atoms with Crippen molar-refractivity contribution in [2.75, 3.05) is 24.7 Å². The number of anilines is 2. The number of ether oxygens (including phenoxy) is 3. The predicted molar refractivity (Wildman–Crippen MR) is 174 cm³/mol. The lowest BCUT2D eigenvalue weighted by atomic mass is 10.0. The fourth-order valence-electron chi connectivity index (χ4n) is 4.77. The van der Waals surface area contributed by atoms with E-state index in [1.165, 1.54) is 61.4 Å². The van der Waals surface area contributed by atoms with Gasteiger partial charge in [0.05, 0.1) is 18.8 Å². The van der Waals surface area contributed by atoms with Gasteiger partial charge in [0.2, 0.25) is 0 Å². The molecule has 47 heavy (non-hydrogen) atoms. The number of hydrogen-bond donors (Lipinski definition) is 2. The number of halogens is 5. The third-order valence-electron chi connectivity index (χ3n) is 7.36. The lowest BCUT2D eigenvalue weighted by molar-refractivity contribution is -0.185. The van der Waals surface area contributed by atoms with Crippen LogP contribution < -0.4 is 20.9 Å². The van der Waals surface area contributed by atoms with Gasteiger partial charge < -0.3 is 25.7 Å². The summed E-state index contributed by atoms with van der Waals surface area (Å²) in [6.07, 6.45) is 3.22. The number of aryl methyl sites for hydroxylation is 1. The molecule has 0 saturated carbocycles. The van der Waals surface area contributed by atoms with Gasteiger partial charge in [-0.1, -0.05) is 56.7 Å². The maximum Gasteiger partial charge on any atom is 0.426 e. The maximum atomic E-state index is 14.6. The third-order valence-corrected chi connectivity index (χ3v) is 7.36. The van der Waals surface area contributed by atoms with Gasteiger partial charge in [0, 0.05) is 23.9 Å². The Labute approximate surface area is 272 Å². The Hall–Kier alpha value is -4.28. The monoisotopic (exact) mass is 662 g/mol. The summed E-state index contributed by atoms with van der Waals surface area (Å²) in [5.41, 5.74) is 14.5. The van der Waals surface area contributed by atoms with E-state index in [2.05, 4.69) is 0 Å². The van der Waals surface area contributed by atoms with E-state index < -0.39 is 30.2 Å². The summed E-state index contributed by atoms with van der Waals surface area (Å²) in [7, 11) is 0. The molecule has 0 bridgehead atoms. The highest BCUT2D eigenvalue weighted by Gasteiger charge is 2.34. The van der Waals surface area contributed by atoms with E-state index >= 15 is 0 Å². The van der Waals surface area contributed by atoms with Gasteiger partial charge in [-0.3, -0.25) is 0 Å². The Morgan fingerprint density at radius 3 is 1.96 bits per heavy atom. The summed E-state index contributed by atoms with van der Waals surface area (Å²) in [5, 5.41) is 0.